The Balaban J connectivity index is 1.96. The average molecular weight is 325 g/mol. The molecule has 4 nitrogen and oxygen atoms in total. The molecule has 0 bridgehead atoms. The molecule has 3 rings (SSSR count). The largest absolute Gasteiger partial charge is 0.497 e. The van der Waals surface area contributed by atoms with Gasteiger partial charge in [0.1, 0.15) is 17.0 Å². The Morgan fingerprint density at radius 3 is 2.46 bits per heavy atom. The Kier molecular flexibility index (Phi) is 4.22. The van der Waals surface area contributed by atoms with Crippen LogP contribution >= 0.6 is 0 Å². The topological polar surface area (TPSA) is 44.5 Å². The van der Waals surface area contributed by atoms with E-state index in [1.807, 2.05) is 24.3 Å². The van der Waals surface area contributed by atoms with Gasteiger partial charge in [-0.15, -0.1) is 0 Å². The van der Waals surface area contributed by atoms with Crippen LogP contribution in [0.2, 0.25) is 0 Å². The summed E-state index contributed by atoms with van der Waals surface area (Å²) in [6.07, 6.45) is 0.555. The number of oxazole rings is 1. The molecular formula is C20H23NO3. The molecule has 126 valence electrons. The van der Waals surface area contributed by atoms with E-state index in [9.17, 15) is 0 Å². The van der Waals surface area contributed by atoms with Gasteiger partial charge in [0.05, 0.1) is 20.6 Å². The van der Waals surface area contributed by atoms with Crippen LogP contribution < -0.4 is 9.47 Å². The molecule has 0 unspecified atom stereocenters. The first-order valence-electron chi connectivity index (χ1n) is 8.01. The number of ether oxygens (including phenoxy) is 2. The summed E-state index contributed by atoms with van der Waals surface area (Å²) in [5.41, 5.74) is 4.01. The minimum atomic E-state index is 0.0866. The van der Waals surface area contributed by atoms with Crippen molar-refractivity contribution in [3.63, 3.8) is 0 Å². The Bertz CT molecular complexity index is 859. The molecule has 0 saturated carbocycles. The monoisotopic (exact) mass is 325 g/mol. The number of aromatic nitrogens is 1. The van der Waals surface area contributed by atoms with Crippen LogP contribution in [-0.4, -0.2) is 19.2 Å². The second-order valence-corrected chi connectivity index (χ2v) is 6.89. The SMILES string of the molecule is COc1ccc(OC)c(Cc2nc3cc(C(C)(C)C)ccc3o2)c1. The fourth-order valence-corrected chi connectivity index (χ4v) is 2.70. The number of hydrogen-bond donors (Lipinski definition) is 0. The van der Waals surface area contributed by atoms with Crippen LogP contribution in [0, 0.1) is 0 Å². The van der Waals surface area contributed by atoms with Crippen molar-refractivity contribution in [3.05, 3.63) is 53.4 Å². The molecule has 0 aliphatic heterocycles. The molecule has 1 heterocycles. The van der Waals surface area contributed by atoms with E-state index in [0.29, 0.717) is 12.3 Å². The lowest BCUT2D eigenvalue weighted by molar-refractivity contribution is 0.398. The van der Waals surface area contributed by atoms with Gasteiger partial charge in [0, 0.05) is 5.56 Å². The van der Waals surface area contributed by atoms with Crippen LogP contribution in [0.25, 0.3) is 11.1 Å². The zero-order chi connectivity index (χ0) is 17.3. The Labute approximate surface area is 142 Å². The van der Waals surface area contributed by atoms with Crippen molar-refractivity contribution in [2.24, 2.45) is 0 Å². The summed E-state index contributed by atoms with van der Waals surface area (Å²) in [5, 5.41) is 0. The van der Waals surface area contributed by atoms with E-state index in [-0.39, 0.29) is 5.41 Å². The Morgan fingerprint density at radius 2 is 1.79 bits per heavy atom. The lowest BCUT2D eigenvalue weighted by Crippen LogP contribution is -2.10. The second-order valence-electron chi connectivity index (χ2n) is 6.89. The summed E-state index contributed by atoms with van der Waals surface area (Å²) in [5.74, 6) is 2.26. The molecule has 0 N–H and O–H groups in total. The highest BCUT2D eigenvalue weighted by Gasteiger charge is 2.16. The van der Waals surface area contributed by atoms with Crippen molar-refractivity contribution in [1.29, 1.82) is 0 Å². The summed E-state index contributed by atoms with van der Waals surface area (Å²) in [6, 6.07) is 11.9. The minimum absolute atomic E-state index is 0.0866. The van der Waals surface area contributed by atoms with Gasteiger partial charge in [-0.3, -0.25) is 0 Å². The molecule has 0 atom stereocenters. The lowest BCUT2D eigenvalue weighted by Gasteiger charge is -2.18. The molecule has 0 fully saturated rings. The van der Waals surface area contributed by atoms with Crippen LogP contribution in [0.5, 0.6) is 11.5 Å². The molecular weight excluding hydrogens is 302 g/mol. The molecule has 1 aromatic heterocycles. The summed E-state index contributed by atoms with van der Waals surface area (Å²) in [4.78, 5) is 4.65. The standard InChI is InChI=1S/C20H23NO3/c1-20(2,3)14-6-8-18-16(12-14)21-19(24-18)11-13-10-15(22-4)7-9-17(13)23-5/h6-10,12H,11H2,1-5H3. The first-order chi connectivity index (χ1) is 11.4. The molecule has 0 amide bonds. The molecule has 0 radical (unpaired) electrons. The van der Waals surface area contributed by atoms with E-state index in [4.69, 9.17) is 13.9 Å². The fourth-order valence-electron chi connectivity index (χ4n) is 2.70. The summed E-state index contributed by atoms with van der Waals surface area (Å²) in [6.45, 7) is 6.57. The number of methoxy groups -OCH3 is 2. The summed E-state index contributed by atoms with van der Waals surface area (Å²) < 4.78 is 16.6. The van der Waals surface area contributed by atoms with Gasteiger partial charge in [0.25, 0.3) is 0 Å². The van der Waals surface area contributed by atoms with Gasteiger partial charge in [-0.1, -0.05) is 26.8 Å². The van der Waals surface area contributed by atoms with Gasteiger partial charge in [-0.25, -0.2) is 4.98 Å². The number of fused-ring (bicyclic) bond motifs is 1. The van der Waals surface area contributed by atoms with Gasteiger partial charge in [0.2, 0.25) is 0 Å². The third kappa shape index (κ3) is 3.23. The second kappa shape index (κ2) is 6.19. The van der Waals surface area contributed by atoms with Crippen molar-refractivity contribution in [3.8, 4) is 11.5 Å². The normalized spacial score (nSPS) is 11.7. The first kappa shape index (κ1) is 16.4. The highest BCUT2D eigenvalue weighted by atomic mass is 16.5. The van der Waals surface area contributed by atoms with E-state index in [0.717, 1.165) is 28.2 Å². The minimum Gasteiger partial charge on any atom is -0.497 e. The zero-order valence-electron chi connectivity index (χ0n) is 14.8. The summed E-state index contributed by atoms with van der Waals surface area (Å²) in [7, 11) is 3.31. The highest BCUT2D eigenvalue weighted by molar-refractivity contribution is 5.74. The fraction of sp³-hybridized carbons (Fsp3) is 0.350. The van der Waals surface area contributed by atoms with Crippen LogP contribution in [0.15, 0.2) is 40.8 Å². The number of rotatable bonds is 4. The number of hydrogen-bond acceptors (Lipinski definition) is 4. The zero-order valence-corrected chi connectivity index (χ0v) is 14.8. The van der Waals surface area contributed by atoms with E-state index < -0.39 is 0 Å². The van der Waals surface area contributed by atoms with Crippen molar-refractivity contribution in [1.82, 2.24) is 4.98 Å². The molecule has 0 aliphatic rings. The van der Waals surface area contributed by atoms with Crippen LogP contribution in [0.3, 0.4) is 0 Å². The molecule has 0 saturated heterocycles. The van der Waals surface area contributed by atoms with Gasteiger partial charge in [-0.2, -0.15) is 0 Å². The van der Waals surface area contributed by atoms with E-state index in [2.05, 4.69) is 37.9 Å². The molecule has 4 heteroatoms. The van der Waals surface area contributed by atoms with Crippen LogP contribution in [-0.2, 0) is 11.8 Å². The Hall–Kier alpha value is -2.49. The van der Waals surface area contributed by atoms with Crippen LogP contribution in [0.1, 0.15) is 37.8 Å². The molecule has 2 aromatic carbocycles. The Morgan fingerprint density at radius 1 is 1.00 bits per heavy atom. The number of benzene rings is 2. The van der Waals surface area contributed by atoms with E-state index in [1.54, 1.807) is 14.2 Å². The van der Waals surface area contributed by atoms with Gasteiger partial charge in [-0.05, 0) is 41.3 Å². The van der Waals surface area contributed by atoms with Crippen molar-refractivity contribution < 1.29 is 13.9 Å². The first-order valence-corrected chi connectivity index (χ1v) is 8.01. The molecule has 0 spiro atoms. The smallest absolute Gasteiger partial charge is 0.200 e. The van der Waals surface area contributed by atoms with Crippen molar-refractivity contribution in [2.75, 3.05) is 14.2 Å². The van der Waals surface area contributed by atoms with E-state index in [1.165, 1.54) is 5.56 Å². The molecule has 24 heavy (non-hydrogen) atoms. The maximum absolute atomic E-state index is 5.91. The predicted octanol–water partition coefficient (Wildman–Crippen LogP) is 4.73. The van der Waals surface area contributed by atoms with Gasteiger partial charge >= 0.3 is 0 Å². The third-order valence-electron chi connectivity index (χ3n) is 4.13. The lowest BCUT2D eigenvalue weighted by atomic mass is 9.87. The van der Waals surface area contributed by atoms with Crippen molar-refractivity contribution in [2.45, 2.75) is 32.6 Å². The summed E-state index contributed by atoms with van der Waals surface area (Å²) >= 11 is 0. The highest BCUT2D eigenvalue weighted by Crippen LogP contribution is 2.29. The molecule has 0 aliphatic carbocycles. The van der Waals surface area contributed by atoms with Crippen molar-refractivity contribution >= 4 is 11.1 Å². The molecule has 3 aromatic rings. The third-order valence-corrected chi connectivity index (χ3v) is 4.13. The predicted molar refractivity (Wildman–Crippen MR) is 95.1 cm³/mol. The average Bonchev–Trinajstić information content (AvgIpc) is 2.95. The van der Waals surface area contributed by atoms with Gasteiger partial charge in [0.15, 0.2) is 11.5 Å². The maximum Gasteiger partial charge on any atom is 0.200 e. The van der Waals surface area contributed by atoms with Gasteiger partial charge < -0.3 is 13.9 Å². The quantitative estimate of drug-likeness (QED) is 0.695. The van der Waals surface area contributed by atoms with Crippen LogP contribution in [0.4, 0.5) is 0 Å². The van der Waals surface area contributed by atoms with E-state index >= 15 is 0 Å². The number of nitrogens with zero attached hydrogens (tertiary/aromatic N) is 1. The maximum atomic E-state index is 5.91.